The Morgan fingerprint density at radius 1 is 1.04 bits per heavy atom. The molecular formula is C19H24N2O5S. The van der Waals surface area contributed by atoms with Crippen molar-refractivity contribution in [2.24, 2.45) is 0 Å². The van der Waals surface area contributed by atoms with E-state index < -0.39 is 35.1 Å². The Morgan fingerprint density at radius 3 is 2.37 bits per heavy atom. The van der Waals surface area contributed by atoms with Crippen molar-refractivity contribution in [3.8, 4) is 0 Å². The molecule has 0 aromatic heterocycles. The second kappa shape index (κ2) is 9.48. The summed E-state index contributed by atoms with van der Waals surface area (Å²) in [5, 5.41) is 4.43. The molecule has 2 rings (SSSR count). The summed E-state index contributed by atoms with van der Waals surface area (Å²) in [6.07, 6.45) is 1.56. The van der Waals surface area contributed by atoms with Crippen LogP contribution in [0.4, 0.5) is 0 Å². The number of hydrogen-bond acceptors (Lipinski definition) is 5. The van der Waals surface area contributed by atoms with E-state index in [-0.39, 0.29) is 10.9 Å². The molecule has 1 amide bonds. The first kappa shape index (κ1) is 20.9. The van der Waals surface area contributed by atoms with Gasteiger partial charge in [0.15, 0.2) is 6.61 Å². The van der Waals surface area contributed by atoms with Crippen LogP contribution in [0, 0.1) is 0 Å². The van der Waals surface area contributed by atoms with E-state index in [4.69, 9.17) is 4.74 Å². The normalized spacial score (nSPS) is 11.5. The highest BCUT2D eigenvalue weighted by molar-refractivity contribution is 7.89. The minimum absolute atomic E-state index is 0.0302. The van der Waals surface area contributed by atoms with Gasteiger partial charge < -0.3 is 10.1 Å². The third kappa shape index (κ3) is 6.04. The number of amides is 1. The molecule has 8 heteroatoms. The molecule has 0 atom stereocenters. The molecule has 0 aliphatic heterocycles. The summed E-state index contributed by atoms with van der Waals surface area (Å²) in [7, 11) is -3.86. The van der Waals surface area contributed by atoms with Gasteiger partial charge >= 0.3 is 5.97 Å². The number of hydrogen-bond donors (Lipinski definition) is 2. The van der Waals surface area contributed by atoms with E-state index in [1.165, 1.54) is 12.1 Å². The second-order valence-electron chi connectivity index (χ2n) is 6.08. The summed E-state index contributed by atoms with van der Waals surface area (Å²) in [5.41, 5.74) is 0. The molecule has 0 fully saturated rings. The Bertz CT molecular complexity index is 907. The largest absolute Gasteiger partial charge is 0.455 e. The highest BCUT2D eigenvalue weighted by Crippen LogP contribution is 2.18. The number of sulfonamides is 1. The fourth-order valence-corrected chi connectivity index (χ4v) is 3.53. The molecule has 2 aromatic rings. The van der Waals surface area contributed by atoms with Gasteiger partial charge in [0.25, 0.3) is 5.91 Å². The average molecular weight is 392 g/mol. The number of carbonyl (C=O) groups excluding carboxylic acids is 2. The summed E-state index contributed by atoms with van der Waals surface area (Å²) >= 11 is 0. The number of esters is 1. The Labute approximate surface area is 159 Å². The maximum atomic E-state index is 12.3. The maximum Gasteiger partial charge on any atom is 0.321 e. The first-order chi connectivity index (χ1) is 12.9. The fourth-order valence-electron chi connectivity index (χ4n) is 2.53. The zero-order chi connectivity index (χ0) is 19.9. The molecule has 0 saturated heterocycles. The van der Waals surface area contributed by atoms with Gasteiger partial charge in [-0.15, -0.1) is 0 Å². The van der Waals surface area contributed by atoms with Crippen LogP contribution in [0.25, 0.3) is 10.8 Å². The van der Waals surface area contributed by atoms with E-state index in [0.717, 1.165) is 23.6 Å². The van der Waals surface area contributed by atoms with Crippen LogP contribution in [-0.4, -0.2) is 39.5 Å². The van der Waals surface area contributed by atoms with Crippen LogP contribution in [0.3, 0.4) is 0 Å². The van der Waals surface area contributed by atoms with E-state index in [2.05, 4.69) is 10.0 Å². The highest BCUT2D eigenvalue weighted by atomic mass is 32.2. The number of benzene rings is 2. The van der Waals surface area contributed by atoms with E-state index in [1.807, 2.05) is 32.0 Å². The molecule has 0 radical (unpaired) electrons. The van der Waals surface area contributed by atoms with Crippen LogP contribution in [-0.2, 0) is 24.3 Å². The highest BCUT2D eigenvalue weighted by Gasteiger charge is 2.17. The summed E-state index contributed by atoms with van der Waals surface area (Å²) in [4.78, 5) is 23.5. The minimum Gasteiger partial charge on any atom is -0.455 e. The third-order valence-corrected chi connectivity index (χ3v) is 5.55. The van der Waals surface area contributed by atoms with Crippen LogP contribution < -0.4 is 10.0 Å². The van der Waals surface area contributed by atoms with Gasteiger partial charge in [0.05, 0.1) is 4.90 Å². The quantitative estimate of drug-likeness (QED) is 0.635. The zero-order valence-electron chi connectivity index (χ0n) is 15.4. The molecule has 0 heterocycles. The Balaban J connectivity index is 1.88. The maximum absolute atomic E-state index is 12.3. The average Bonchev–Trinajstić information content (AvgIpc) is 2.68. The zero-order valence-corrected chi connectivity index (χ0v) is 16.2. The van der Waals surface area contributed by atoms with E-state index in [9.17, 15) is 18.0 Å². The lowest BCUT2D eigenvalue weighted by Crippen LogP contribution is -2.38. The fraction of sp³-hybridized carbons (Fsp3) is 0.368. The van der Waals surface area contributed by atoms with Crippen molar-refractivity contribution < 1.29 is 22.7 Å². The van der Waals surface area contributed by atoms with Gasteiger partial charge in [-0.05, 0) is 35.7 Å². The van der Waals surface area contributed by atoms with Crippen molar-refractivity contribution in [2.45, 2.75) is 37.6 Å². The first-order valence-electron chi connectivity index (χ1n) is 8.79. The molecule has 7 nitrogen and oxygen atoms in total. The molecule has 146 valence electrons. The van der Waals surface area contributed by atoms with Crippen molar-refractivity contribution in [3.05, 3.63) is 42.5 Å². The number of rotatable bonds is 9. The van der Waals surface area contributed by atoms with Gasteiger partial charge in [-0.2, -0.15) is 4.72 Å². The lowest BCUT2D eigenvalue weighted by atomic mass is 10.1. The van der Waals surface area contributed by atoms with Crippen LogP contribution in [0.15, 0.2) is 47.4 Å². The van der Waals surface area contributed by atoms with Gasteiger partial charge in [0, 0.05) is 6.04 Å². The molecule has 0 spiro atoms. The van der Waals surface area contributed by atoms with Crippen molar-refractivity contribution in [1.82, 2.24) is 10.0 Å². The topological polar surface area (TPSA) is 102 Å². The van der Waals surface area contributed by atoms with Gasteiger partial charge in [-0.1, -0.05) is 44.2 Å². The predicted octanol–water partition coefficient (Wildman–Crippen LogP) is 1.97. The van der Waals surface area contributed by atoms with Gasteiger partial charge in [-0.3, -0.25) is 9.59 Å². The standard InChI is InChI=1S/C19H24N2O5S/c1-3-16(4-2)21-18(22)13-26-19(23)12-20-27(24,25)17-10-9-14-7-5-6-8-15(14)11-17/h5-11,16,20H,3-4,12-13H2,1-2H3,(H,21,22). The number of fused-ring (bicyclic) bond motifs is 1. The first-order valence-corrected chi connectivity index (χ1v) is 10.3. The van der Waals surface area contributed by atoms with Crippen molar-refractivity contribution >= 4 is 32.7 Å². The molecule has 27 heavy (non-hydrogen) atoms. The summed E-state index contributed by atoms with van der Waals surface area (Å²) in [6, 6.07) is 12.1. The van der Waals surface area contributed by atoms with Crippen LogP contribution >= 0.6 is 0 Å². The Morgan fingerprint density at radius 2 is 1.70 bits per heavy atom. The van der Waals surface area contributed by atoms with Crippen molar-refractivity contribution in [2.75, 3.05) is 13.2 Å². The molecule has 0 bridgehead atoms. The molecule has 2 aromatic carbocycles. The van der Waals surface area contributed by atoms with E-state index >= 15 is 0 Å². The van der Waals surface area contributed by atoms with Crippen molar-refractivity contribution in [3.63, 3.8) is 0 Å². The van der Waals surface area contributed by atoms with E-state index in [1.54, 1.807) is 12.1 Å². The van der Waals surface area contributed by atoms with Gasteiger partial charge in [0.1, 0.15) is 6.54 Å². The monoisotopic (exact) mass is 392 g/mol. The SMILES string of the molecule is CCC(CC)NC(=O)COC(=O)CNS(=O)(=O)c1ccc2ccccc2c1. The van der Waals surface area contributed by atoms with E-state index in [0.29, 0.717) is 0 Å². The smallest absolute Gasteiger partial charge is 0.321 e. The Hall–Kier alpha value is -2.45. The third-order valence-electron chi connectivity index (χ3n) is 4.15. The van der Waals surface area contributed by atoms with Crippen molar-refractivity contribution in [1.29, 1.82) is 0 Å². The second-order valence-corrected chi connectivity index (χ2v) is 7.84. The van der Waals surface area contributed by atoms with Crippen LogP contribution in [0.5, 0.6) is 0 Å². The molecular weight excluding hydrogens is 368 g/mol. The molecule has 2 N–H and O–H groups in total. The summed E-state index contributed by atoms with van der Waals surface area (Å²) < 4.78 is 31.7. The number of carbonyl (C=O) groups is 2. The van der Waals surface area contributed by atoms with Crippen LogP contribution in [0.2, 0.25) is 0 Å². The number of ether oxygens (including phenoxy) is 1. The predicted molar refractivity (Wildman–Crippen MR) is 103 cm³/mol. The van der Waals surface area contributed by atoms with Gasteiger partial charge in [-0.25, -0.2) is 8.42 Å². The lowest BCUT2D eigenvalue weighted by Gasteiger charge is -2.14. The lowest BCUT2D eigenvalue weighted by molar-refractivity contribution is -0.147. The molecule has 0 saturated carbocycles. The van der Waals surface area contributed by atoms with Gasteiger partial charge in [0.2, 0.25) is 10.0 Å². The number of nitrogens with one attached hydrogen (secondary N) is 2. The summed E-state index contributed by atoms with van der Waals surface area (Å²) in [6.45, 7) is 2.91. The molecule has 0 aliphatic rings. The molecule has 0 aliphatic carbocycles. The Kier molecular flexibility index (Phi) is 7.32. The minimum atomic E-state index is -3.86. The molecule has 0 unspecified atom stereocenters. The summed E-state index contributed by atoms with van der Waals surface area (Å²) in [5.74, 6) is -1.23. The van der Waals surface area contributed by atoms with Crippen LogP contribution in [0.1, 0.15) is 26.7 Å².